The highest BCUT2D eigenvalue weighted by Crippen LogP contribution is 2.28. The Bertz CT molecular complexity index is 1500. The number of ether oxygens (including phenoxy) is 1. The molecule has 0 amide bonds. The van der Waals surface area contributed by atoms with Crippen molar-refractivity contribution in [2.24, 2.45) is 0 Å². The van der Waals surface area contributed by atoms with Crippen LogP contribution >= 0.6 is 0 Å². The summed E-state index contributed by atoms with van der Waals surface area (Å²) in [7, 11) is -2.34. The molecule has 5 heteroatoms. The molecule has 0 heterocycles. The van der Waals surface area contributed by atoms with Crippen LogP contribution in [0.3, 0.4) is 0 Å². The SMILES string of the molecule is COc1ccc(C(C#Cc2ccccc2)N(CC#Cc2ccccc2)S(=O)(=O)c2ccccc2)cc1. The van der Waals surface area contributed by atoms with Gasteiger partial charge in [-0.05, 0) is 54.1 Å². The Morgan fingerprint density at radius 2 is 1.25 bits per heavy atom. The molecule has 4 aromatic carbocycles. The van der Waals surface area contributed by atoms with Crippen LogP contribution in [0.1, 0.15) is 22.7 Å². The van der Waals surface area contributed by atoms with Crippen molar-refractivity contribution in [3.05, 3.63) is 132 Å². The molecule has 1 atom stereocenters. The Hall–Kier alpha value is -4.29. The molecule has 0 spiro atoms. The van der Waals surface area contributed by atoms with E-state index >= 15 is 0 Å². The lowest BCUT2D eigenvalue weighted by Gasteiger charge is -2.26. The molecule has 0 aromatic heterocycles. The molecule has 0 radical (unpaired) electrons. The van der Waals surface area contributed by atoms with Crippen molar-refractivity contribution in [1.82, 2.24) is 4.31 Å². The third-order valence-corrected chi connectivity index (χ3v) is 7.26. The lowest BCUT2D eigenvalue weighted by Crippen LogP contribution is -2.35. The quantitative estimate of drug-likeness (QED) is 0.333. The van der Waals surface area contributed by atoms with Gasteiger partial charge in [0.1, 0.15) is 11.8 Å². The summed E-state index contributed by atoms with van der Waals surface area (Å²) >= 11 is 0. The topological polar surface area (TPSA) is 46.6 Å². The molecule has 4 nitrogen and oxygen atoms in total. The van der Waals surface area contributed by atoms with Crippen molar-refractivity contribution in [3.63, 3.8) is 0 Å². The summed E-state index contributed by atoms with van der Waals surface area (Å²) in [5.74, 6) is 13.2. The molecule has 0 aliphatic rings. The minimum Gasteiger partial charge on any atom is -0.497 e. The van der Waals surface area contributed by atoms with Gasteiger partial charge in [-0.1, -0.05) is 90.4 Å². The molecule has 1 unspecified atom stereocenters. The average molecular weight is 492 g/mol. The molecule has 0 aliphatic carbocycles. The summed E-state index contributed by atoms with van der Waals surface area (Å²) in [6.07, 6.45) is 0. The van der Waals surface area contributed by atoms with Crippen LogP contribution in [0.5, 0.6) is 5.75 Å². The number of benzene rings is 4. The van der Waals surface area contributed by atoms with E-state index in [1.165, 1.54) is 4.31 Å². The Balaban J connectivity index is 1.82. The zero-order valence-corrected chi connectivity index (χ0v) is 20.7. The van der Waals surface area contributed by atoms with Gasteiger partial charge in [-0.25, -0.2) is 8.42 Å². The maximum atomic E-state index is 13.9. The van der Waals surface area contributed by atoms with E-state index in [2.05, 4.69) is 23.7 Å². The number of sulfonamides is 1. The smallest absolute Gasteiger partial charge is 0.245 e. The summed E-state index contributed by atoms with van der Waals surface area (Å²) in [6.45, 7) is -0.0354. The van der Waals surface area contributed by atoms with Gasteiger partial charge in [-0.15, -0.1) is 0 Å². The fourth-order valence-corrected chi connectivity index (χ4v) is 5.02. The van der Waals surface area contributed by atoms with Crippen molar-refractivity contribution in [2.45, 2.75) is 10.9 Å². The van der Waals surface area contributed by atoms with Crippen LogP contribution in [-0.4, -0.2) is 26.4 Å². The van der Waals surface area contributed by atoms with E-state index < -0.39 is 16.1 Å². The minimum absolute atomic E-state index is 0.0354. The molecule has 0 N–H and O–H groups in total. The molecule has 4 rings (SSSR count). The fourth-order valence-electron chi connectivity index (χ4n) is 3.56. The predicted octanol–water partition coefficient (Wildman–Crippen LogP) is 5.53. The zero-order valence-electron chi connectivity index (χ0n) is 19.8. The highest BCUT2D eigenvalue weighted by atomic mass is 32.2. The third-order valence-electron chi connectivity index (χ3n) is 5.44. The normalized spacial score (nSPS) is 11.5. The van der Waals surface area contributed by atoms with E-state index in [4.69, 9.17) is 4.74 Å². The van der Waals surface area contributed by atoms with Gasteiger partial charge in [-0.3, -0.25) is 0 Å². The van der Waals surface area contributed by atoms with Gasteiger partial charge in [0.15, 0.2) is 0 Å². The van der Waals surface area contributed by atoms with E-state index in [9.17, 15) is 8.42 Å². The van der Waals surface area contributed by atoms with Crippen LogP contribution in [0, 0.1) is 23.7 Å². The first kappa shape index (κ1) is 24.8. The zero-order chi connectivity index (χ0) is 25.2. The van der Waals surface area contributed by atoms with E-state index in [1.54, 1.807) is 49.6 Å². The van der Waals surface area contributed by atoms with Crippen LogP contribution in [-0.2, 0) is 10.0 Å². The fraction of sp³-hybridized carbons (Fsp3) is 0.0968. The Morgan fingerprint density at radius 1 is 0.722 bits per heavy atom. The van der Waals surface area contributed by atoms with Gasteiger partial charge < -0.3 is 4.74 Å². The molecule has 178 valence electrons. The molecule has 4 aromatic rings. The third kappa shape index (κ3) is 6.23. The maximum Gasteiger partial charge on any atom is 0.245 e. The second-order valence-electron chi connectivity index (χ2n) is 7.84. The number of methoxy groups -OCH3 is 1. The second kappa shape index (κ2) is 11.9. The predicted molar refractivity (Wildman–Crippen MR) is 143 cm³/mol. The van der Waals surface area contributed by atoms with E-state index in [1.807, 2.05) is 72.8 Å². The molecule has 0 saturated carbocycles. The molecular weight excluding hydrogens is 466 g/mol. The maximum absolute atomic E-state index is 13.9. The summed E-state index contributed by atoms with van der Waals surface area (Å²) in [5.41, 5.74) is 2.33. The van der Waals surface area contributed by atoms with Crippen LogP contribution in [0.25, 0.3) is 0 Å². The summed E-state index contributed by atoms with van der Waals surface area (Å²) in [6, 6.07) is 33.9. The van der Waals surface area contributed by atoms with Gasteiger partial charge in [0.2, 0.25) is 10.0 Å². The van der Waals surface area contributed by atoms with E-state index in [0.29, 0.717) is 5.75 Å². The first-order valence-corrected chi connectivity index (χ1v) is 12.8. The Kier molecular flexibility index (Phi) is 8.21. The summed E-state index contributed by atoms with van der Waals surface area (Å²) in [5, 5.41) is 0. The van der Waals surface area contributed by atoms with Gasteiger partial charge in [-0.2, -0.15) is 4.31 Å². The monoisotopic (exact) mass is 491 g/mol. The highest BCUT2D eigenvalue weighted by molar-refractivity contribution is 7.89. The Labute approximate surface area is 213 Å². The van der Waals surface area contributed by atoms with Crippen LogP contribution in [0.4, 0.5) is 0 Å². The van der Waals surface area contributed by atoms with E-state index in [0.717, 1.165) is 16.7 Å². The van der Waals surface area contributed by atoms with Gasteiger partial charge >= 0.3 is 0 Å². The van der Waals surface area contributed by atoms with Crippen LogP contribution in [0.2, 0.25) is 0 Å². The molecule has 0 aliphatic heterocycles. The van der Waals surface area contributed by atoms with Gasteiger partial charge in [0.25, 0.3) is 0 Å². The lowest BCUT2D eigenvalue weighted by atomic mass is 10.1. The molecule has 0 fully saturated rings. The van der Waals surface area contributed by atoms with Crippen molar-refractivity contribution in [2.75, 3.05) is 13.7 Å². The van der Waals surface area contributed by atoms with Gasteiger partial charge in [0, 0.05) is 11.1 Å². The largest absolute Gasteiger partial charge is 0.497 e. The first-order chi connectivity index (χ1) is 17.6. The lowest BCUT2D eigenvalue weighted by molar-refractivity contribution is 0.406. The summed E-state index contributed by atoms with van der Waals surface area (Å²) < 4.78 is 34.4. The van der Waals surface area contributed by atoms with E-state index in [-0.39, 0.29) is 11.4 Å². The van der Waals surface area contributed by atoms with Crippen LogP contribution < -0.4 is 4.74 Å². The number of hydrogen-bond acceptors (Lipinski definition) is 3. The molecule has 0 bridgehead atoms. The number of nitrogens with zero attached hydrogens (tertiary/aromatic N) is 1. The molecule has 36 heavy (non-hydrogen) atoms. The van der Waals surface area contributed by atoms with Crippen molar-refractivity contribution < 1.29 is 13.2 Å². The molecule has 0 saturated heterocycles. The number of hydrogen-bond donors (Lipinski definition) is 0. The van der Waals surface area contributed by atoms with Gasteiger partial charge in [0.05, 0.1) is 18.6 Å². The van der Waals surface area contributed by atoms with Crippen molar-refractivity contribution >= 4 is 10.0 Å². The first-order valence-electron chi connectivity index (χ1n) is 11.4. The minimum atomic E-state index is -3.93. The summed E-state index contributed by atoms with van der Waals surface area (Å²) in [4.78, 5) is 0.187. The molecular formula is C31H25NO3S. The number of rotatable bonds is 6. The van der Waals surface area contributed by atoms with Crippen LogP contribution in [0.15, 0.2) is 120 Å². The van der Waals surface area contributed by atoms with Crippen molar-refractivity contribution in [3.8, 4) is 29.4 Å². The standard InChI is InChI=1S/C31H25NO3S/c1-35-29-22-20-28(21-23-29)31(24-19-27-14-7-3-8-15-27)32(25-11-16-26-12-5-2-6-13-26)36(33,34)30-17-9-4-10-18-30/h2-10,12-15,17-18,20-23,31H,25H2,1H3. The highest BCUT2D eigenvalue weighted by Gasteiger charge is 2.31. The average Bonchev–Trinajstić information content (AvgIpc) is 2.94. The second-order valence-corrected chi connectivity index (χ2v) is 9.73. The Morgan fingerprint density at radius 3 is 1.81 bits per heavy atom. The van der Waals surface area contributed by atoms with Crippen molar-refractivity contribution in [1.29, 1.82) is 0 Å².